The van der Waals surface area contributed by atoms with E-state index < -0.39 is 21.5 Å². The van der Waals surface area contributed by atoms with Crippen LogP contribution in [0.15, 0.2) is 24.3 Å². The Bertz CT molecular complexity index is 995. The number of unbranched alkanes of at least 4 members (excludes halogenated alkanes) is 22. The number of carbonyl (C=O) groups is 2. The summed E-state index contributed by atoms with van der Waals surface area (Å²) in [6.45, 7) is 12.8. The molecule has 0 aromatic heterocycles. The predicted molar refractivity (Wildman–Crippen MR) is 226 cm³/mol. The maximum Gasteiger partial charge on any atom is 0.217 e. The number of likely N-dealkylation sites (N-methyl/N-ethyl adjacent to an activating group) is 1. The van der Waals surface area contributed by atoms with Crippen molar-refractivity contribution in [1.29, 1.82) is 0 Å². The Kier molecular flexibility index (Phi) is 33.3. The van der Waals surface area contributed by atoms with Gasteiger partial charge < -0.3 is 9.04 Å². The molecule has 0 aliphatic heterocycles. The summed E-state index contributed by atoms with van der Waals surface area (Å²) in [7, 11) is 0.582. The molecule has 0 saturated carbocycles. The van der Waals surface area contributed by atoms with Gasteiger partial charge in [0, 0.05) is 12.8 Å². The van der Waals surface area contributed by atoms with E-state index in [1.54, 1.807) is 0 Å². The third-order valence-electron chi connectivity index (χ3n) is 11.7. The molecular formula is C45H87NO6S. The standard InChI is InChI=1S/C44H84NO2.CH4O4S/c1-9-11-13-15-17-19-21-23-25-27-29-31-33-35-37-39-41(46)43(3,4)45(7,8)44(5,6)42(47)40-38-36-34-32-30-28-26-24-22-20-18-16-14-12-10-2;1-5-6(2,3)4/h23-26H,9-22,27-40H2,1-8H3;1H3,(H,2,3,4)/q+1;/p-1/b25-23-,26-24-;. The van der Waals surface area contributed by atoms with E-state index in [-0.39, 0.29) is 0 Å². The van der Waals surface area contributed by atoms with Crippen molar-refractivity contribution >= 4 is 22.0 Å². The van der Waals surface area contributed by atoms with Gasteiger partial charge in [-0.3, -0.25) is 13.8 Å². The molecule has 0 aliphatic carbocycles. The number of allylic oxidation sites excluding steroid dienone is 4. The third kappa shape index (κ3) is 27.8. The highest BCUT2D eigenvalue weighted by Gasteiger charge is 2.54. The molecule has 0 saturated heterocycles. The Balaban J connectivity index is 0. The van der Waals surface area contributed by atoms with Gasteiger partial charge in [0.1, 0.15) is 0 Å². The minimum atomic E-state index is -4.41. The smallest absolute Gasteiger partial charge is 0.217 e. The molecule has 314 valence electrons. The van der Waals surface area contributed by atoms with Crippen molar-refractivity contribution in [2.24, 2.45) is 0 Å². The minimum Gasteiger partial charge on any atom is -0.726 e. The predicted octanol–water partition coefficient (Wildman–Crippen LogP) is 12.9. The van der Waals surface area contributed by atoms with Gasteiger partial charge in [-0.1, -0.05) is 141 Å². The molecule has 8 heteroatoms. The number of Topliss-reactive ketones (excluding diaryl/α,β-unsaturated/α-hetero) is 2. The van der Waals surface area contributed by atoms with Crippen LogP contribution in [-0.4, -0.2) is 61.3 Å². The van der Waals surface area contributed by atoms with Crippen molar-refractivity contribution in [3.63, 3.8) is 0 Å². The van der Waals surface area contributed by atoms with Crippen LogP contribution in [0, 0.1) is 0 Å². The summed E-state index contributed by atoms with van der Waals surface area (Å²) in [5, 5.41) is 0. The fraction of sp³-hybridized carbons (Fsp3) is 0.867. The highest BCUT2D eigenvalue weighted by atomic mass is 32.3. The molecule has 0 amide bonds. The van der Waals surface area contributed by atoms with Crippen molar-refractivity contribution in [3.05, 3.63) is 24.3 Å². The summed E-state index contributed by atoms with van der Waals surface area (Å²) in [6.07, 6.45) is 43.6. The monoisotopic (exact) mass is 770 g/mol. The first-order valence-corrected chi connectivity index (χ1v) is 23.1. The normalized spacial score (nSPS) is 12.8. The van der Waals surface area contributed by atoms with Crippen LogP contribution >= 0.6 is 0 Å². The first kappa shape index (κ1) is 53.8. The minimum absolute atomic E-state index is 0.294. The molecule has 0 fully saturated rings. The molecule has 7 nitrogen and oxygen atoms in total. The Morgan fingerprint density at radius 1 is 0.509 bits per heavy atom. The lowest BCUT2D eigenvalue weighted by molar-refractivity contribution is -0.961. The van der Waals surface area contributed by atoms with Crippen LogP contribution < -0.4 is 0 Å². The fourth-order valence-electron chi connectivity index (χ4n) is 6.65. The average Bonchev–Trinajstić information content (AvgIpc) is 3.11. The molecule has 0 N–H and O–H groups in total. The van der Waals surface area contributed by atoms with E-state index in [4.69, 9.17) is 0 Å². The maximum absolute atomic E-state index is 13.5. The van der Waals surface area contributed by atoms with Crippen molar-refractivity contribution < 1.29 is 31.2 Å². The Labute approximate surface area is 330 Å². The summed E-state index contributed by atoms with van der Waals surface area (Å²) < 4.78 is 31.4. The largest absolute Gasteiger partial charge is 0.726 e. The van der Waals surface area contributed by atoms with Gasteiger partial charge in [-0.2, -0.15) is 0 Å². The first-order valence-electron chi connectivity index (χ1n) is 21.7. The van der Waals surface area contributed by atoms with Crippen LogP contribution in [0.3, 0.4) is 0 Å². The lowest BCUT2D eigenvalue weighted by Gasteiger charge is -2.52. The summed E-state index contributed by atoms with van der Waals surface area (Å²) in [5.74, 6) is 0.587. The van der Waals surface area contributed by atoms with Crippen molar-refractivity contribution in [2.75, 3.05) is 21.2 Å². The van der Waals surface area contributed by atoms with Crippen LogP contribution in [0.2, 0.25) is 0 Å². The van der Waals surface area contributed by atoms with Gasteiger partial charge in [0.2, 0.25) is 10.4 Å². The molecule has 0 aromatic rings. The zero-order chi connectivity index (χ0) is 40.5. The van der Waals surface area contributed by atoms with Gasteiger partial charge in [0.15, 0.2) is 22.6 Å². The zero-order valence-corrected chi connectivity index (χ0v) is 37.2. The van der Waals surface area contributed by atoms with Crippen LogP contribution in [0.25, 0.3) is 0 Å². The molecular weight excluding hydrogens is 683 g/mol. The van der Waals surface area contributed by atoms with E-state index in [9.17, 15) is 22.6 Å². The second kappa shape index (κ2) is 32.9. The molecule has 0 spiro atoms. The Hall–Kier alpha value is -1.35. The average molecular weight is 770 g/mol. The second-order valence-electron chi connectivity index (χ2n) is 16.7. The lowest BCUT2D eigenvalue weighted by atomic mass is 9.81. The molecule has 0 heterocycles. The van der Waals surface area contributed by atoms with E-state index in [1.807, 2.05) is 0 Å². The van der Waals surface area contributed by atoms with Crippen molar-refractivity contribution in [3.8, 4) is 0 Å². The van der Waals surface area contributed by atoms with Crippen LogP contribution in [-0.2, 0) is 24.2 Å². The van der Waals surface area contributed by atoms with Crippen LogP contribution in [0.1, 0.15) is 221 Å². The van der Waals surface area contributed by atoms with Gasteiger partial charge in [-0.25, -0.2) is 8.42 Å². The van der Waals surface area contributed by atoms with Gasteiger partial charge in [-0.15, -0.1) is 0 Å². The molecule has 0 atom stereocenters. The number of ketones is 2. The molecule has 0 unspecified atom stereocenters. The molecule has 0 aromatic carbocycles. The summed E-state index contributed by atoms with van der Waals surface area (Å²) in [6, 6.07) is 0. The second-order valence-corrected chi connectivity index (χ2v) is 17.8. The highest BCUT2D eigenvalue weighted by molar-refractivity contribution is 7.80. The van der Waals surface area contributed by atoms with Crippen LogP contribution in [0.4, 0.5) is 0 Å². The molecule has 0 bridgehead atoms. The third-order valence-corrected chi connectivity index (χ3v) is 12.1. The van der Waals surface area contributed by atoms with Crippen molar-refractivity contribution in [1.82, 2.24) is 0 Å². The zero-order valence-electron chi connectivity index (χ0n) is 36.4. The Morgan fingerprint density at radius 3 is 0.981 bits per heavy atom. The summed E-state index contributed by atoms with van der Waals surface area (Å²) in [4.78, 5) is 27.0. The molecule has 0 radical (unpaired) electrons. The molecule has 0 aliphatic rings. The lowest BCUT2D eigenvalue weighted by Crippen LogP contribution is -2.71. The van der Waals surface area contributed by atoms with Crippen LogP contribution in [0.5, 0.6) is 0 Å². The number of nitrogens with zero attached hydrogens (tertiary/aromatic N) is 1. The SMILES string of the molecule is CCCCCCCC/C=C\CCCCCCCC(=O)C(C)(C)[N+](C)(C)C(C)(C)C(=O)CCCCCCC/C=C\CCCCCCCC.COS(=O)(=O)[O-]. The van der Waals surface area contributed by atoms with E-state index >= 15 is 0 Å². The number of quaternary nitrogens is 1. The van der Waals surface area contributed by atoms with Gasteiger partial charge in [0.05, 0.1) is 21.2 Å². The summed E-state index contributed by atoms with van der Waals surface area (Å²) in [5.41, 5.74) is -1.19. The van der Waals surface area contributed by atoms with Gasteiger partial charge in [-0.05, 0) is 91.9 Å². The first-order chi connectivity index (χ1) is 25.0. The van der Waals surface area contributed by atoms with Gasteiger partial charge in [0.25, 0.3) is 0 Å². The van der Waals surface area contributed by atoms with E-state index in [2.05, 4.69) is 84.1 Å². The van der Waals surface area contributed by atoms with E-state index in [0.29, 0.717) is 28.9 Å². The highest BCUT2D eigenvalue weighted by Crippen LogP contribution is 2.35. The number of hydrogen-bond acceptors (Lipinski definition) is 6. The Morgan fingerprint density at radius 2 is 0.736 bits per heavy atom. The molecule has 53 heavy (non-hydrogen) atoms. The topological polar surface area (TPSA) is 101 Å². The number of carbonyl (C=O) groups excluding carboxylic acids is 2. The van der Waals surface area contributed by atoms with E-state index in [0.717, 1.165) is 32.8 Å². The summed E-state index contributed by atoms with van der Waals surface area (Å²) >= 11 is 0. The maximum atomic E-state index is 13.5. The number of hydrogen-bond donors (Lipinski definition) is 0. The van der Waals surface area contributed by atoms with Gasteiger partial charge >= 0.3 is 0 Å². The van der Waals surface area contributed by atoms with Crippen molar-refractivity contribution in [2.45, 2.75) is 232 Å². The molecule has 0 rings (SSSR count). The quantitative estimate of drug-likeness (QED) is 0.0209. The number of rotatable bonds is 35. The van der Waals surface area contributed by atoms with E-state index in [1.165, 1.54) is 141 Å². The fourth-order valence-corrected chi connectivity index (χ4v) is 6.65.